The Morgan fingerprint density at radius 2 is 1.87 bits per heavy atom. The Balaban J connectivity index is 1.30. The van der Waals surface area contributed by atoms with Gasteiger partial charge < -0.3 is 14.1 Å². The number of furan rings is 1. The summed E-state index contributed by atoms with van der Waals surface area (Å²) in [5.41, 5.74) is 1.54. The molecule has 168 valence electrons. The summed E-state index contributed by atoms with van der Waals surface area (Å²) in [4.78, 5) is 40.2. The summed E-state index contributed by atoms with van der Waals surface area (Å²) in [5, 5.41) is 0.381. The van der Waals surface area contributed by atoms with Crippen LogP contribution >= 0.6 is 11.8 Å². The average Bonchev–Trinajstić information content (AvgIpc) is 3.12. The number of carbonyl (C=O) groups is 3. The fourth-order valence-electron chi connectivity index (χ4n) is 4.77. The van der Waals surface area contributed by atoms with Gasteiger partial charge in [0.15, 0.2) is 5.76 Å². The Hall–Kier alpha value is -2.32. The van der Waals surface area contributed by atoms with E-state index in [2.05, 4.69) is 4.90 Å². The lowest BCUT2D eigenvalue weighted by atomic mass is 9.90. The van der Waals surface area contributed by atoms with E-state index in [1.54, 1.807) is 6.07 Å². The number of hydrogen-bond donors (Lipinski definition) is 0. The summed E-state index contributed by atoms with van der Waals surface area (Å²) in [7, 11) is 0. The molecule has 3 aliphatic rings. The van der Waals surface area contributed by atoms with Gasteiger partial charge in [0.05, 0.1) is 0 Å². The molecule has 7 nitrogen and oxygen atoms in total. The van der Waals surface area contributed by atoms with E-state index in [9.17, 15) is 14.4 Å². The van der Waals surface area contributed by atoms with E-state index >= 15 is 0 Å². The Bertz CT molecular complexity index is 1040. The largest absolute Gasteiger partial charge is 0.490 e. The number of carbonyl (C=O) groups excluding carboxylic acids is 3. The van der Waals surface area contributed by atoms with Gasteiger partial charge in [-0.05, 0) is 62.1 Å². The second kappa shape index (κ2) is 8.31. The van der Waals surface area contributed by atoms with Crippen LogP contribution in [0, 0.1) is 6.92 Å². The fourth-order valence-corrected chi connectivity index (χ4v) is 5.97. The maximum Gasteiger partial charge on any atom is 0.304 e. The molecule has 3 fully saturated rings. The van der Waals surface area contributed by atoms with E-state index < -0.39 is 23.6 Å². The Labute approximate surface area is 185 Å². The third-order valence-corrected chi connectivity index (χ3v) is 8.33. The zero-order valence-electron chi connectivity index (χ0n) is 17.9. The number of hydrogen-bond acceptors (Lipinski definition) is 6. The quantitative estimate of drug-likeness (QED) is 0.530. The fraction of sp³-hybridized carbons (Fsp3) is 0.522. The molecule has 2 aliphatic heterocycles. The van der Waals surface area contributed by atoms with Crippen molar-refractivity contribution in [2.45, 2.75) is 51.2 Å². The average molecular weight is 447 g/mol. The smallest absolute Gasteiger partial charge is 0.304 e. The number of aryl methyl sites for hydroxylation is 1. The summed E-state index contributed by atoms with van der Waals surface area (Å²) in [6.45, 7) is 4.46. The van der Waals surface area contributed by atoms with E-state index in [1.807, 2.05) is 19.1 Å². The van der Waals surface area contributed by atoms with Crippen LogP contribution in [0.4, 0.5) is 0 Å². The highest BCUT2D eigenvalue weighted by atomic mass is 32.2. The molecule has 31 heavy (non-hydrogen) atoms. The number of imide groups is 1. The second-order valence-electron chi connectivity index (χ2n) is 8.99. The SMILES string of the molecule is Cc1cc2oc(C(=O)N3CC[SH4]C(=O)C3=O)cc2cc1OC1CCN(C2CCC2)CC1. The Morgan fingerprint density at radius 3 is 2.58 bits per heavy atom. The van der Waals surface area contributed by atoms with Gasteiger partial charge in [0.25, 0.3) is 5.91 Å². The second-order valence-corrected chi connectivity index (χ2v) is 10.8. The molecule has 1 aliphatic carbocycles. The summed E-state index contributed by atoms with van der Waals surface area (Å²) >= 11 is -1.04. The minimum absolute atomic E-state index is 0.0880. The summed E-state index contributed by atoms with van der Waals surface area (Å²) in [5.74, 6) is 0.311. The predicted molar refractivity (Wildman–Crippen MR) is 123 cm³/mol. The molecule has 0 unspecified atom stereocenters. The summed E-state index contributed by atoms with van der Waals surface area (Å²) in [6.07, 6.45) is 6.28. The number of fused-ring (bicyclic) bond motifs is 1. The molecule has 1 aromatic carbocycles. The topological polar surface area (TPSA) is 80.1 Å². The van der Waals surface area contributed by atoms with E-state index in [4.69, 9.17) is 9.15 Å². The van der Waals surface area contributed by atoms with Crippen molar-refractivity contribution in [3.63, 3.8) is 0 Å². The third kappa shape index (κ3) is 3.99. The minimum atomic E-state index is -1.04. The van der Waals surface area contributed by atoms with Gasteiger partial charge in [-0.1, -0.05) is 6.42 Å². The molecular formula is C23H30N2O5S. The first-order valence-corrected chi connectivity index (χ1v) is 13.0. The lowest BCUT2D eigenvalue weighted by molar-refractivity contribution is -0.138. The molecule has 0 radical (unpaired) electrons. The van der Waals surface area contributed by atoms with Crippen LogP contribution in [0.2, 0.25) is 0 Å². The van der Waals surface area contributed by atoms with E-state index in [-0.39, 0.29) is 17.0 Å². The van der Waals surface area contributed by atoms with Gasteiger partial charge in [-0.15, -0.1) is 0 Å². The van der Waals surface area contributed by atoms with Crippen molar-refractivity contribution < 1.29 is 23.5 Å². The normalized spacial score (nSPS) is 21.8. The van der Waals surface area contributed by atoms with Gasteiger partial charge in [-0.25, -0.2) is 11.8 Å². The lowest BCUT2D eigenvalue weighted by Gasteiger charge is -2.41. The van der Waals surface area contributed by atoms with Crippen LogP contribution < -0.4 is 4.74 Å². The maximum atomic E-state index is 12.8. The predicted octanol–water partition coefficient (Wildman–Crippen LogP) is 2.31. The van der Waals surface area contributed by atoms with E-state index in [1.165, 1.54) is 19.3 Å². The van der Waals surface area contributed by atoms with Crippen LogP contribution in [0.5, 0.6) is 5.75 Å². The molecule has 5 rings (SSSR count). The minimum Gasteiger partial charge on any atom is -0.490 e. The van der Waals surface area contributed by atoms with Crippen molar-refractivity contribution in [3.8, 4) is 5.75 Å². The molecule has 0 N–H and O–H groups in total. The zero-order chi connectivity index (χ0) is 21.5. The molecule has 2 amide bonds. The van der Waals surface area contributed by atoms with Crippen molar-refractivity contribution in [2.75, 3.05) is 25.4 Å². The Morgan fingerprint density at radius 1 is 1.10 bits per heavy atom. The zero-order valence-corrected chi connectivity index (χ0v) is 19.3. The van der Waals surface area contributed by atoms with Crippen molar-refractivity contribution >= 4 is 39.7 Å². The number of ether oxygens (including phenoxy) is 1. The van der Waals surface area contributed by atoms with Crippen LogP contribution in [0.15, 0.2) is 22.6 Å². The number of rotatable bonds is 4. The molecule has 3 heterocycles. The first-order valence-electron chi connectivity index (χ1n) is 11.3. The van der Waals surface area contributed by atoms with Crippen molar-refractivity contribution in [1.29, 1.82) is 0 Å². The number of nitrogens with zero attached hydrogens (tertiary/aromatic N) is 2. The van der Waals surface area contributed by atoms with Gasteiger partial charge in [0.1, 0.15) is 17.4 Å². The highest BCUT2D eigenvalue weighted by Gasteiger charge is 2.32. The molecule has 0 atom stereocenters. The number of benzene rings is 1. The lowest BCUT2D eigenvalue weighted by Crippen LogP contribution is -2.46. The standard InChI is InChI=1S/C23H30N2O5S/c1-14-11-19-15(13-20(30-19)21(26)25-9-10-31-23(28)22(25)27)12-18(14)29-17-5-7-24(8-6-17)16-3-2-4-16/h11-13,16-17H,2-10H2,1H3,31H4. The van der Waals surface area contributed by atoms with Crippen LogP contribution in [0.25, 0.3) is 11.0 Å². The molecule has 1 aromatic heterocycles. The highest BCUT2D eigenvalue weighted by molar-refractivity contribution is 8.15. The van der Waals surface area contributed by atoms with E-state index in [0.717, 1.165) is 53.6 Å². The van der Waals surface area contributed by atoms with Gasteiger partial charge in [-0.2, -0.15) is 0 Å². The Kier molecular flexibility index (Phi) is 5.52. The van der Waals surface area contributed by atoms with Gasteiger partial charge >= 0.3 is 5.91 Å². The van der Waals surface area contributed by atoms with Crippen molar-refractivity contribution in [1.82, 2.24) is 9.80 Å². The molecule has 0 spiro atoms. The molecular weight excluding hydrogens is 416 g/mol. The number of amides is 2. The first-order chi connectivity index (χ1) is 15.0. The van der Waals surface area contributed by atoms with Gasteiger partial charge in [0, 0.05) is 31.1 Å². The highest BCUT2D eigenvalue weighted by Crippen LogP contribution is 2.32. The summed E-state index contributed by atoms with van der Waals surface area (Å²) in [6, 6.07) is 6.22. The number of piperidine rings is 1. The number of likely N-dealkylation sites (tertiary alicyclic amines) is 1. The summed E-state index contributed by atoms with van der Waals surface area (Å²) < 4.78 is 12.1. The van der Waals surface area contributed by atoms with Gasteiger partial charge in [-0.3, -0.25) is 19.3 Å². The molecule has 0 bridgehead atoms. The van der Waals surface area contributed by atoms with Gasteiger partial charge in [0.2, 0.25) is 5.12 Å². The van der Waals surface area contributed by atoms with Crippen molar-refractivity contribution in [3.05, 3.63) is 29.5 Å². The molecule has 8 heteroatoms. The molecule has 2 aromatic rings. The van der Waals surface area contributed by atoms with Crippen molar-refractivity contribution in [2.24, 2.45) is 0 Å². The maximum absolute atomic E-state index is 12.8. The van der Waals surface area contributed by atoms with Crippen LogP contribution in [-0.4, -0.2) is 64.3 Å². The van der Waals surface area contributed by atoms with E-state index in [0.29, 0.717) is 17.9 Å². The molecule has 1 saturated carbocycles. The monoisotopic (exact) mass is 446 g/mol. The third-order valence-electron chi connectivity index (χ3n) is 6.90. The van der Waals surface area contributed by atoms with Crippen LogP contribution in [-0.2, 0) is 9.59 Å². The first kappa shape index (κ1) is 20.6. The van der Waals surface area contributed by atoms with Crippen LogP contribution in [0.1, 0.15) is 48.2 Å². The molecule has 2 saturated heterocycles. The van der Waals surface area contributed by atoms with Crippen LogP contribution in [0.3, 0.4) is 0 Å².